The number of carbonyl (C=O) groups is 2. The summed E-state index contributed by atoms with van der Waals surface area (Å²) in [6, 6.07) is 5.67. The normalized spacial score (nSPS) is 21.8. The van der Waals surface area contributed by atoms with Crippen LogP contribution in [-0.2, 0) is 32.6 Å². The summed E-state index contributed by atoms with van der Waals surface area (Å²) in [6.07, 6.45) is 1.13. The fourth-order valence-corrected chi connectivity index (χ4v) is 4.51. The summed E-state index contributed by atoms with van der Waals surface area (Å²) in [5, 5.41) is 2.99. The molecule has 2 atom stereocenters. The second kappa shape index (κ2) is 8.04. The van der Waals surface area contributed by atoms with Gasteiger partial charge in [0.1, 0.15) is 5.75 Å². The lowest BCUT2D eigenvalue weighted by Gasteiger charge is -2.37. The Labute approximate surface area is 169 Å². The van der Waals surface area contributed by atoms with E-state index in [0.29, 0.717) is 26.0 Å². The van der Waals surface area contributed by atoms with Crippen LogP contribution < -0.4 is 4.74 Å². The summed E-state index contributed by atoms with van der Waals surface area (Å²) in [6.45, 7) is 3.03. The number of benzene rings is 1. The number of esters is 1. The Balaban J connectivity index is 1.77. The van der Waals surface area contributed by atoms with Crippen molar-refractivity contribution in [1.82, 2.24) is 9.63 Å². The molecule has 0 bridgehead atoms. The van der Waals surface area contributed by atoms with Crippen molar-refractivity contribution >= 4 is 23.0 Å². The number of fused-ring (bicyclic) bond motifs is 5. The topological polar surface area (TPSA) is 79.2 Å². The second-order valence-corrected chi connectivity index (χ2v) is 7.33. The highest BCUT2D eigenvalue weighted by atomic mass is 16.7. The molecule has 0 saturated carbocycles. The Morgan fingerprint density at radius 1 is 1.31 bits per heavy atom. The van der Waals surface area contributed by atoms with Gasteiger partial charge < -0.3 is 18.8 Å². The van der Waals surface area contributed by atoms with Crippen molar-refractivity contribution in [2.45, 2.75) is 32.2 Å². The number of rotatable bonds is 3. The van der Waals surface area contributed by atoms with Gasteiger partial charge in [-0.25, -0.2) is 4.79 Å². The molecule has 0 amide bonds. The summed E-state index contributed by atoms with van der Waals surface area (Å²) in [5.41, 5.74) is 3.27. The lowest BCUT2D eigenvalue weighted by molar-refractivity contribution is -0.197. The van der Waals surface area contributed by atoms with Crippen LogP contribution in [0.5, 0.6) is 5.75 Å². The summed E-state index contributed by atoms with van der Waals surface area (Å²) < 4.78 is 17.3. The van der Waals surface area contributed by atoms with Crippen LogP contribution in [0.15, 0.2) is 18.2 Å². The van der Waals surface area contributed by atoms with Gasteiger partial charge >= 0.3 is 12.1 Å². The van der Waals surface area contributed by atoms with Crippen LogP contribution in [0.25, 0.3) is 10.9 Å². The maximum Gasteiger partial charge on any atom is 0.516 e. The first-order chi connectivity index (χ1) is 14.0. The number of methoxy groups -OCH3 is 1. The van der Waals surface area contributed by atoms with Crippen LogP contribution in [0, 0.1) is 5.92 Å². The zero-order valence-corrected chi connectivity index (χ0v) is 17.0. The van der Waals surface area contributed by atoms with Crippen molar-refractivity contribution in [3.63, 3.8) is 0 Å². The molecule has 1 fully saturated rings. The molecular weight excluding hydrogens is 376 g/mol. The Hall–Kier alpha value is -2.58. The Morgan fingerprint density at radius 2 is 2.14 bits per heavy atom. The Bertz CT molecular complexity index is 937. The number of hydrogen-bond acceptors (Lipinski definition) is 7. The zero-order chi connectivity index (χ0) is 20.5. The molecule has 0 spiro atoms. The maximum atomic E-state index is 12.9. The molecule has 2 aliphatic rings. The molecule has 1 aromatic carbocycles. The van der Waals surface area contributed by atoms with Crippen molar-refractivity contribution < 1.29 is 28.6 Å². The van der Waals surface area contributed by atoms with E-state index in [1.54, 1.807) is 14.0 Å². The van der Waals surface area contributed by atoms with Gasteiger partial charge in [0.25, 0.3) is 0 Å². The summed E-state index contributed by atoms with van der Waals surface area (Å²) in [7, 11) is 3.65. The fraction of sp³-hybridized carbons (Fsp3) is 0.524. The molecule has 4 rings (SSSR count). The third kappa shape index (κ3) is 3.47. The van der Waals surface area contributed by atoms with Gasteiger partial charge in [0.2, 0.25) is 0 Å². The molecule has 0 N–H and O–H groups in total. The minimum Gasteiger partial charge on any atom is -0.497 e. The summed E-state index contributed by atoms with van der Waals surface area (Å²) in [5.74, 6) is -0.297. The van der Waals surface area contributed by atoms with Gasteiger partial charge in [0, 0.05) is 30.2 Å². The van der Waals surface area contributed by atoms with E-state index in [1.165, 1.54) is 5.56 Å². The summed E-state index contributed by atoms with van der Waals surface area (Å²) in [4.78, 5) is 30.6. The predicted octanol–water partition coefficient (Wildman–Crippen LogP) is 3.13. The molecule has 156 valence electrons. The van der Waals surface area contributed by atoms with Gasteiger partial charge in [-0.2, -0.15) is 5.06 Å². The minimum absolute atomic E-state index is 0.157. The van der Waals surface area contributed by atoms with E-state index in [0.717, 1.165) is 28.8 Å². The molecule has 1 aromatic heterocycles. The molecular formula is C21H26N2O6. The van der Waals surface area contributed by atoms with E-state index in [-0.39, 0.29) is 12.6 Å². The highest BCUT2D eigenvalue weighted by Gasteiger charge is 2.43. The average Bonchev–Trinajstić information content (AvgIpc) is 2.87. The van der Waals surface area contributed by atoms with Crippen molar-refractivity contribution in [1.29, 1.82) is 0 Å². The molecule has 0 aliphatic carbocycles. The van der Waals surface area contributed by atoms with E-state index in [4.69, 9.17) is 19.0 Å². The third-order valence-electron chi connectivity index (χ3n) is 5.78. The van der Waals surface area contributed by atoms with E-state index in [9.17, 15) is 9.59 Å². The first-order valence-electron chi connectivity index (χ1n) is 9.98. The first-order valence-corrected chi connectivity index (χ1v) is 9.98. The largest absolute Gasteiger partial charge is 0.516 e. The van der Waals surface area contributed by atoms with E-state index in [1.807, 2.05) is 30.3 Å². The highest BCUT2D eigenvalue weighted by molar-refractivity contribution is 5.88. The Morgan fingerprint density at radius 3 is 2.90 bits per heavy atom. The van der Waals surface area contributed by atoms with Crippen LogP contribution in [0.2, 0.25) is 0 Å². The Kier molecular flexibility index (Phi) is 5.47. The van der Waals surface area contributed by atoms with Gasteiger partial charge in [-0.15, -0.1) is 0 Å². The lowest BCUT2D eigenvalue weighted by atomic mass is 9.87. The molecule has 8 nitrogen and oxygen atoms in total. The number of aromatic nitrogens is 1. The monoisotopic (exact) mass is 402 g/mol. The molecule has 29 heavy (non-hydrogen) atoms. The lowest BCUT2D eigenvalue weighted by Crippen LogP contribution is -2.41. The zero-order valence-electron chi connectivity index (χ0n) is 17.0. The smallest absolute Gasteiger partial charge is 0.497 e. The molecule has 0 unspecified atom stereocenters. The van der Waals surface area contributed by atoms with Crippen molar-refractivity contribution in [3.8, 4) is 5.75 Å². The van der Waals surface area contributed by atoms with Gasteiger partial charge in [-0.3, -0.25) is 9.63 Å². The highest BCUT2D eigenvalue weighted by Crippen LogP contribution is 2.44. The summed E-state index contributed by atoms with van der Waals surface area (Å²) >= 11 is 0. The number of nitrogens with zero attached hydrogens (tertiary/aromatic N) is 2. The number of ether oxygens (including phenoxy) is 3. The molecule has 0 radical (unpaired) electrons. The fourth-order valence-electron chi connectivity index (χ4n) is 4.51. The third-order valence-corrected chi connectivity index (χ3v) is 5.78. The molecule has 8 heteroatoms. The number of hydroxylamine groups is 2. The van der Waals surface area contributed by atoms with Gasteiger partial charge in [0.05, 0.1) is 32.3 Å². The van der Waals surface area contributed by atoms with Gasteiger partial charge in [-0.1, -0.05) is 0 Å². The predicted molar refractivity (Wildman–Crippen MR) is 104 cm³/mol. The van der Waals surface area contributed by atoms with Crippen molar-refractivity contribution in [2.24, 2.45) is 13.0 Å². The van der Waals surface area contributed by atoms with E-state index >= 15 is 0 Å². The van der Waals surface area contributed by atoms with Crippen LogP contribution in [0.1, 0.15) is 37.1 Å². The number of hydrogen-bond donors (Lipinski definition) is 0. The number of carbonyl (C=O) groups excluding carboxylic acids is 2. The SMILES string of the molecule is CCOC(=O)OC(=O)[C@@H]1CCCON2CCc3c(n(C)c4ccc(OC)cc34)[C@H]12. The van der Waals surface area contributed by atoms with E-state index in [2.05, 4.69) is 4.57 Å². The minimum atomic E-state index is -0.952. The van der Waals surface area contributed by atoms with Crippen LogP contribution in [-0.4, -0.2) is 48.6 Å². The molecule has 1 saturated heterocycles. The molecule has 2 aromatic rings. The maximum absolute atomic E-state index is 12.9. The van der Waals surface area contributed by atoms with Crippen LogP contribution in [0.4, 0.5) is 4.79 Å². The van der Waals surface area contributed by atoms with E-state index < -0.39 is 18.0 Å². The first kappa shape index (κ1) is 19.7. The molecule has 2 aliphatic heterocycles. The standard InChI is InChI=1S/C21H26N2O6/c1-4-27-21(25)29-20(24)15-6-5-11-28-23-10-9-14-16-12-13(26-3)7-8-17(16)22(2)18(14)19(15)23/h7-8,12,15,19H,4-6,9-11H2,1-3H3/t15-,19+/m1/s1. The van der Waals surface area contributed by atoms with Crippen molar-refractivity contribution in [2.75, 3.05) is 26.9 Å². The van der Waals surface area contributed by atoms with Crippen molar-refractivity contribution in [3.05, 3.63) is 29.5 Å². The second-order valence-electron chi connectivity index (χ2n) is 7.33. The number of aryl methyl sites for hydroxylation is 1. The quantitative estimate of drug-likeness (QED) is 0.576. The van der Waals surface area contributed by atoms with Crippen LogP contribution >= 0.6 is 0 Å². The molecule has 3 heterocycles. The average molecular weight is 402 g/mol. The van der Waals surface area contributed by atoms with Gasteiger partial charge in [0.15, 0.2) is 0 Å². The van der Waals surface area contributed by atoms with Crippen LogP contribution in [0.3, 0.4) is 0 Å². The van der Waals surface area contributed by atoms with Gasteiger partial charge in [-0.05, 0) is 49.9 Å².